The van der Waals surface area contributed by atoms with E-state index < -0.39 is 0 Å². The van der Waals surface area contributed by atoms with Crippen molar-refractivity contribution in [2.45, 2.75) is 24.7 Å². The Morgan fingerprint density at radius 1 is 1.47 bits per heavy atom. The highest BCUT2D eigenvalue weighted by molar-refractivity contribution is 7.99. The summed E-state index contributed by atoms with van der Waals surface area (Å²) < 4.78 is 0. The highest BCUT2D eigenvalue weighted by Crippen LogP contribution is 2.32. The molecular formula is C12H15NOS. The first kappa shape index (κ1) is 10.6. The number of fused-ring (bicyclic) bond motifs is 1. The molecule has 0 fully saturated rings. The molecule has 0 spiro atoms. The molecule has 3 heteroatoms. The van der Waals surface area contributed by atoms with Crippen molar-refractivity contribution in [2.24, 2.45) is 0 Å². The lowest BCUT2D eigenvalue weighted by Crippen LogP contribution is -2.23. The largest absolute Gasteiger partial charge is 0.316 e. The van der Waals surface area contributed by atoms with Gasteiger partial charge in [-0.15, -0.1) is 11.8 Å². The normalized spacial score (nSPS) is 14.5. The number of carbonyl (C=O) groups is 1. The summed E-state index contributed by atoms with van der Waals surface area (Å²) in [6.45, 7) is 1.59. The summed E-state index contributed by atoms with van der Waals surface area (Å²) in [5.41, 5.74) is 2.39. The van der Waals surface area contributed by atoms with Crippen LogP contribution in [0.5, 0.6) is 0 Å². The highest BCUT2D eigenvalue weighted by atomic mass is 32.2. The molecule has 0 atom stereocenters. The predicted molar refractivity (Wildman–Crippen MR) is 64.6 cm³/mol. The molecule has 1 heterocycles. The van der Waals surface area contributed by atoms with Gasteiger partial charge in [-0.25, -0.2) is 0 Å². The van der Waals surface area contributed by atoms with E-state index in [1.807, 2.05) is 24.9 Å². The molecule has 0 N–H and O–H groups in total. The second-order valence-electron chi connectivity index (χ2n) is 3.82. The number of rotatable bonds is 1. The minimum Gasteiger partial charge on any atom is -0.316 e. The van der Waals surface area contributed by atoms with Crippen LogP contribution in [0.2, 0.25) is 0 Å². The van der Waals surface area contributed by atoms with Gasteiger partial charge in [-0.1, -0.05) is 0 Å². The molecule has 2 nitrogen and oxygen atoms in total. The third-order valence-corrected chi connectivity index (χ3v) is 3.95. The molecule has 0 bridgehead atoms. The monoisotopic (exact) mass is 221 g/mol. The molecule has 2 rings (SSSR count). The first-order valence-corrected chi connectivity index (χ1v) is 6.17. The van der Waals surface area contributed by atoms with Crippen LogP contribution < -0.4 is 4.90 Å². The van der Waals surface area contributed by atoms with E-state index >= 15 is 0 Å². The smallest absolute Gasteiger partial charge is 0.223 e. The Labute approximate surface area is 94.7 Å². The van der Waals surface area contributed by atoms with E-state index in [1.165, 1.54) is 22.6 Å². The molecular weight excluding hydrogens is 206 g/mol. The van der Waals surface area contributed by atoms with Gasteiger partial charge in [-0.05, 0) is 42.4 Å². The molecule has 80 valence electrons. The fourth-order valence-electron chi connectivity index (χ4n) is 1.74. The Morgan fingerprint density at radius 3 is 3.00 bits per heavy atom. The van der Waals surface area contributed by atoms with Crippen molar-refractivity contribution in [1.82, 2.24) is 0 Å². The quantitative estimate of drug-likeness (QED) is 0.726. The topological polar surface area (TPSA) is 20.3 Å². The fraction of sp³-hybridized carbons (Fsp3) is 0.417. The number of benzene rings is 1. The molecule has 0 aromatic heterocycles. The van der Waals surface area contributed by atoms with E-state index in [2.05, 4.69) is 12.1 Å². The number of amides is 1. The summed E-state index contributed by atoms with van der Waals surface area (Å²) in [5, 5.41) is 0. The van der Waals surface area contributed by atoms with E-state index in [9.17, 15) is 4.79 Å². The van der Waals surface area contributed by atoms with Gasteiger partial charge in [0.05, 0.1) is 0 Å². The van der Waals surface area contributed by atoms with Crippen LogP contribution in [0.15, 0.2) is 23.1 Å². The number of hydrogen-bond acceptors (Lipinski definition) is 2. The summed E-state index contributed by atoms with van der Waals surface area (Å²) in [5.74, 6) is 1.30. The van der Waals surface area contributed by atoms with E-state index in [-0.39, 0.29) is 5.91 Å². The Balaban J connectivity index is 2.31. The average molecular weight is 221 g/mol. The van der Waals surface area contributed by atoms with Gasteiger partial charge in [0.2, 0.25) is 5.91 Å². The zero-order valence-electron chi connectivity index (χ0n) is 9.12. The van der Waals surface area contributed by atoms with Crippen molar-refractivity contribution in [3.8, 4) is 0 Å². The number of carbonyl (C=O) groups excluding carboxylic acids is 1. The van der Waals surface area contributed by atoms with Crippen molar-refractivity contribution in [3.63, 3.8) is 0 Å². The van der Waals surface area contributed by atoms with Gasteiger partial charge in [0.25, 0.3) is 0 Å². The second kappa shape index (κ2) is 4.27. The van der Waals surface area contributed by atoms with Crippen LogP contribution in [-0.4, -0.2) is 18.7 Å². The van der Waals surface area contributed by atoms with Gasteiger partial charge in [0.15, 0.2) is 0 Å². The highest BCUT2D eigenvalue weighted by Gasteiger charge is 2.12. The van der Waals surface area contributed by atoms with Gasteiger partial charge < -0.3 is 4.90 Å². The molecule has 0 saturated carbocycles. The summed E-state index contributed by atoms with van der Waals surface area (Å²) >= 11 is 1.91. The molecule has 1 aromatic carbocycles. The van der Waals surface area contributed by atoms with Crippen LogP contribution in [0.1, 0.15) is 18.9 Å². The Bertz CT molecular complexity index is 389. The molecule has 0 radical (unpaired) electrons. The molecule has 1 amide bonds. The minimum atomic E-state index is 0.0819. The third-order valence-electron chi connectivity index (χ3n) is 2.75. The van der Waals surface area contributed by atoms with E-state index in [1.54, 1.807) is 11.8 Å². The minimum absolute atomic E-state index is 0.0819. The maximum atomic E-state index is 11.2. The molecule has 1 aromatic rings. The maximum absolute atomic E-state index is 11.2. The van der Waals surface area contributed by atoms with Gasteiger partial charge in [0.1, 0.15) is 0 Å². The average Bonchev–Trinajstić information content (AvgIpc) is 2.27. The van der Waals surface area contributed by atoms with Crippen molar-refractivity contribution in [1.29, 1.82) is 0 Å². The lowest BCUT2D eigenvalue weighted by atomic mass is 10.1. The van der Waals surface area contributed by atoms with Gasteiger partial charge in [-0.2, -0.15) is 0 Å². The lowest BCUT2D eigenvalue weighted by Gasteiger charge is -2.20. The fourth-order valence-corrected chi connectivity index (χ4v) is 2.76. The van der Waals surface area contributed by atoms with E-state index in [0.717, 1.165) is 12.1 Å². The summed E-state index contributed by atoms with van der Waals surface area (Å²) in [4.78, 5) is 14.3. The Morgan fingerprint density at radius 2 is 2.27 bits per heavy atom. The molecule has 0 saturated heterocycles. The van der Waals surface area contributed by atoms with E-state index in [4.69, 9.17) is 0 Å². The van der Waals surface area contributed by atoms with Crippen LogP contribution in [0.25, 0.3) is 0 Å². The molecule has 1 aliphatic heterocycles. The van der Waals surface area contributed by atoms with Crippen molar-refractivity contribution >= 4 is 23.4 Å². The standard InChI is InChI=1S/C12H15NOS/c1-9(14)13(2)11-5-6-12-10(8-11)4-3-7-15-12/h5-6,8H,3-4,7H2,1-2H3. The van der Waals surface area contributed by atoms with Crippen LogP contribution >= 0.6 is 11.8 Å². The molecule has 0 unspecified atom stereocenters. The van der Waals surface area contributed by atoms with Crippen LogP contribution in [0.4, 0.5) is 5.69 Å². The van der Waals surface area contributed by atoms with Crippen LogP contribution in [0.3, 0.4) is 0 Å². The maximum Gasteiger partial charge on any atom is 0.223 e. The molecule has 0 aliphatic carbocycles. The molecule has 15 heavy (non-hydrogen) atoms. The van der Waals surface area contributed by atoms with Crippen molar-refractivity contribution in [2.75, 3.05) is 17.7 Å². The number of aryl methyl sites for hydroxylation is 1. The Kier molecular flexibility index (Phi) is 3.00. The van der Waals surface area contributed by atoms with E-state index in [0.29, 0.717) is 0 Å². The SMILES string of the molecule is CC(=O)N(C)c1ccc2c(c1)CCCS2. The zero-order valence-corrected chi connectivity index (χ0v) is 9.93. The first-order chi connectivity index (χ1) is 7.18. The van der Waals surface area contributed by atoms with Gasteiger partial charge >= 0.3 is 0 Å². The molecule has 1 aliphatic rings. The zero-order chi connectivity index (χ0) is 10.8. The summed E-state index contributed by atoms with van der Waals surface area (Å²) in [6.07, 6.45) is 2.38. The summed E-state index contributed by atoms with van der Waals surface area (Å²) in [6, 6.07) is 6.30. The second-order valence-corrected chi connectivity index (χ2v) is 4.96. The number of thioether (sulfide) groups is 1. The Hall–Kier alpha value is -0.960. The third kappa shape index (κ3) is 2.17. The van der Waals surface area contributed by atoms with Crippen molar-refractivity contribution in [3.05, 3.63) is 23.8 Å². The number of anilines is 1. The van der Waals surface area contributed by atoms with Gasteiger partial charge in [-0.3, -0.25) is 4.79 Å². The van der Waals surface area contributed by atoms with Gasteiger partial charge in [0, 0.05) is 24.6 Å². The number of nitrogens with zero attached hydrogens (tertiary/aromatic N) is 1. The predicted octanol–water partition coefficient (Wildman–Crippen LogP) is 2.71. The lowest BCUT2D eigenvalue weighted by molar-refractivity contribution is -0.116. The number of hydrogen-bond donors (Lipinski definition) is 0. The van der Waals surface area contributed by atoms with Crippen LogP contribution in [-0.2, 0) is 11.2 Å². The van der Waals surface area contributed by atoms with Crippen molar-refractivity contribution < 1.29 is 4.79 Å². The summed E-state index contributed by atoms with van der Waals surface area (Å²) in [7, 11) is 1.82. The van der Waals surface area contributed by atoms with Crippen LogP contribution in [0, 0.1) is 0 Å². The first-order valence-electron chi connectivity index (χ1n) is 5.18.